The summed E-state index contributed by atoms with van der Waals surface area (Å²) in [6.07, 6.45) is 0. The number of nitrogens with one attached hydrogen (secondary N) is 1. The topological polar surface area (TPSA) is 117 Å². The smallest absolute Gasteiger partial charge is 0.221 e. The molecule has 3 N–H and O–H groups in total. The molecule has 130 valence electrons. The minimum Gasteiger partial charge on any atom is -0.394 e. The monoisotopic (exact) mass is 341 g/mol. The van der Waals surface area contributed by atoms with Gasteiger partial charge in [-0.15, -0.1) is 10.2 Å². The Balaban J connectivity index is 1.99. The summed E-state index contributed by atoms with van der Waals surface area (Å²) >= 11 is 0. The molecule has 0 aliphatic heterocycles. The molecule has 8 heteroatoms. The van der Waals surface area contributed by atoms with Crippen LogP contribution in [0.25, 0.3) is 11.5 Å². The number of nitrogens with zero attached hydrogens (tertiary/aromatic N) is 4. The van der Waals surface area contributed by atoms with Crippen LogP contribution in [0.15, 0.2) is 24.3 Å². The summed E-state index contributed by atoms with van der Waals surface area (Å²) in [6, 6.07) is 6.92. The average molecular weight is 341 g/mol. The van der Waals surface area contributed by atoms with Crippen molar-refractivity contribution in [1.29, 1.82) is 0 Å². The fourth-order valence-corrected chi connectivity index (χ4v) is 2.80. The largest absolute Gasteiger partial charge is 0.394 e. The van der Waals surface area contributed by atoms with Crippen molar-refractivity contribution in [3.8, 4) is 11.5 Å². The number of aromatic nitrogens is 5. The predicted molar refractivity (Wildman–Crippen MR) is 90.0 cm³/mol. The lowest BCUT2D eigenvalue weighted by molar-refractivity contribution is 0.103. The van der Waals surface area contributed by atoms with Gasteiger partial charge in [-0.05, 0) is 36.3 Å². The van der Waals surface area contributed by atoms with E-state index in [2.05, 4.69) is 20.4 Å². The Hall–Kier alpha value is -2.84. The molecule has 1 aromatic carbocycles. The number of aromatic amines is 1. The Morgan fingerprint density at radius 3 is 2.80 bits per heavy atom. The van der Waals surface area contributed by atoms with Gasteiger partial charge >= 0.3 is 0 Å². The maximum Gasteiger partial charge on any atom is 0.221 e. The fourth-order valence-electron chi connectivity index (χ4n) is 2.80. The SMILES string of the molecule is Cc1[nH]c(-c2nnn(CCO)n2)c(C)c1C(=O)c1cccc(CO)c1. The Labute approximate surface area is 144 Å². The number of aliphatic hydroxyl groups is 2. The van der Waals surface area contributed by atoms with Crippen LogP contribution in [0.1, 0.15) is 32.7 Å². The van der Waals surface area contributed by atoms with Gasteiger partial charge in [0.15, 0.2) is 5.78 Å². The lowest BCUT2D eigenvalue weighted by Gasteiger charge is -2.04. The standard InChI is InChI=1S/C17H19N5O3/c1-10-14(16(25)13-5-3-4-12(8-13)9-24)11(2)18-15(10)17-19-21-22(20-17)6-7-23/h3-5,8,18,23-24H,6-7,9H2,1-2H3. The number of carbonyl (C=O) groups excluding carboxylic acids is 1. The quantitative estimate of drug-likeness (QED) is 0.576. The number of carbonyl (C=O) groups is 1. The van der Waals surface area contributed by atoms with Crippen molar-refractivity contribution in [1.82, 2.24) is 25.2 Å². The summed E-state index contributed by atoms with van der Waals surface area (Å²) in [7, 11) is 0. The number of aliphatic hydroxyl groups excluding tert-OH is 2. The first-order valence-electron chi connectivity index (χ1n) is 7.87. The van der Waals surface area contributed by atoms with E-state index in [-0.39, 0.29) is 25.5 Å². The normalized spacial score (nSPS) is 11.0. The van der Waals surface area contributed by atoms with Gasteiger partial charge < -0.3 is 15.2 Å². The minimum absolute atomic E-state index is 0.0799. The Morgan fingerprint density at radius 2 is 2.08 bits per heavy atom. The summed E-state index contributed by atoms with van der Waals surface area (Å²) in [5.41, 5.74) is 3.84. The Bertz CT molecular complexity index is 913. The van der Waals surface area contributed by atoms with Crippen molar-refractivity contribution in [2.45, 2.75) is 27.0 Å². The highest BCUT2D eigenvalue weighted by atomic mass is 16.3. The molecule has 0 aliphatic carbocycles. The molecule has 3 aromatic rings. The first kappa shape index (κ1) is 17.0. The molecule has 0 aliphatic rings. The van der Waals surface area contributed by atoms with Crippen LogP contribution < -0.4 is 0 Å². The first-order valence-corrected chi connectivity index (χ1v) is 7.87. The molecule has 0 fully saturated rings. The van der Waals surface area contributed by atoms with Crippen molar-refractivity contribution < 1.29 is 15.0 Å². The summed E-state index contributed by atoms with van der Waals surface area (Å²) in [4.78, 5) is 17.4. The molecule has 0 bridgehead atoms. The van der Waals surface area contributed by atoms with E-state index in [1.54, 1.807) is 24.3 Å². The van der Waals surface area contributed by atoms with E-state index in [1.165, 1.54) is 4.80 Å². The predicted octanol–water partition coefficient (Wildman–Crippen LogP) is 1.00. The number of hydrogen-bond acceptors (Lipinski definition) is 6. The highest BCUT2D eigenvalue weighted by molar-refractivity contribution is 6.11. The lowest BCUT2D eigenvalue weighted by Crippen LogP contribution is -2.05. The third-order valence-electron chi connectivity index (χ3n) is 4.01. The number of hydrogen-bond donors (Lipinski definition) is 3. The molecule has 2 heterocycles. The molecule has 25 heavy (non-hydrogen) atoms. The lowest BCUT2D eigenvalue weighted by atomic mass is 9.98. The number of tetrazole rings is 1. The van der Waals surface area contributed by atoms with Gasteiger partial charge in [0.1, 0.15) is 0 Å². The molecule has 0 saturated carbocycles. The van der Waals surface area contributed by atoms with Crippen LogP contribution in [0.5, 0.6) is 0 Å². The second-order valence-corrected chi connectivity index (χ2v) is 5.75. The third kappa shape index (κ3) is 3.21. The van der Waals surface area contributed by atoms with Crippen molar-refractivity contribution in [3.63, 3.8) is 0 Å². The fraction of sp³-hybridized carbons (Fsp3) is 0.294. The van der Waals surface area contributed by atoms with E-state index >= 15 is 0 Å². The van der Waals surface area contributed by atoms with Crippen LogP contribution >= 0.6 is 0 Å². The molecule has 0 radical (unpaired) electrons. The second kappa shape index (κ2) is 6.96. The average Bonchev–Trinajstić information content (AvgIpc) is 3.19. The van der Waals surface area contributed by atoms with Gasteiger partial charge in [-0.25, -0.2) is 0 Å². The number of aryl methyl sites for hydroxylation is 1. The van der Waals surface area contributed by atoms with Crippen molar-refractivity contribution >= 4 is 5.78 Å². The van der Waals surface area contributed by atoms with E-state index in [9.17, 15) is 9.90 Å². The molecule has 0 atom stereocenters. The third-order valence-corrected chi connectivity index (χ3v) is 4.01. The van der Waals surface area contributed by atoms with Crippen LogP contribution in [-0.2, 0) is 13.2 Å². The van der Waals surface area contributed by atoms with Crippen LogP contribution in [0.3, 0.4) is 0 Å². The van der Waals surface area contributed by atoms with Gasteiger partial charge in [-0.2, -0.15) is 4.80 Å². The summed E-state index contributed by atoms with van der Waals surface area (Å²) in [5.74, 6) is 0.243. The van der Waals surface area contributed by atoms with Crippen molar-refractivity contribution in [2.24, 2.45) is 0 Å². The van der Waals surface area contributed by atoms with E-state index in [0.717, 1.165) is 5.56 Å². The maximum absolute atomic E-state index is 12.9. The maximum atomic E-state index is 12.9. The van der Waals surface area contributed by atoms with E-state index < -0.39 is 0 Å². The van der Waals surface area contributed by atoms with Crippen LogP contribution in [0.4, 0.5) is 0 Å². The molecule has 0 unspecified atom stereocenters. The van der Waals surface area contributed by atoms with Gasteiger partial charge in [0.2, 0.25) is 5.82 Å². The van der Waals surface area contributed by atoms with Gasteiger partial charge in [0.25, 0.3) is 0 Å². The Kier molecular flexibility index (Phi) is 4.73. The summed E-state index contributed by atoms with van der Waals surface area (Å²) in [5, 5.41) is 30.3. The van der Waals surface area contributed by atoms with E-state index in [4.69, 9.17) is 5.11 Å². The number of rotatable bonds is 6. The minimum atomic E-state index is -0.129. The van der Waals surface area contributed by atoms with Crippen molar-refractivity contribution in [2.75, 3.05) is 6.61 Å². The molecule has 0 saturated heterocycles. The van der Waals surface area contributed by atoms with Crippen molar-refractivity contribution in [3.05, 3.63) is 52.2 Å². The number of benzene rings is 1. The number of H-pyrrole nitrogens is 1. The molecule has 3 rings (SSSR count). The summed E-state index contributed by atoms with van der Waals surface area (Å²) < 4.78 is 0. The van der Waals surface area contributed by atoms with Gasteiger partial charge in [0.05, 0.1) is 25.5 Å². The van der Waals surface area contributed by atoms with Gasteiger partial charge in [-0.1, -0.05) is 18.2 Å². The van der Waals surface area contributed by atoms with Crippen LogP contribution in [0.2, 0.25) is 0 Å². The molecule has 2 aromatic heterocycles. The second-order valence-electron chi connectivity index (χ2n) is 5.75. The zero-order chi connectivity index (χ0) is 18.0. The van der Waals surface area contributed by atoms with E-state index in [0.29, 0.717) is 33.9 Å². The van der Waals surface area contributed by atoms with Gasteiger partial charge in [0, 0.05) is 16.8 Å². The highest BCUT2D eigenvalue weighted by Crippen LogP contribution is 2.27. The number of ketones is 1. The molecular formula is C17H19N5O3. The van der Waals surface area contributed by atoms with Crippen LogP contribution in [0, 0.1) is 13.8 Å². The zero-order valence-corrected chi connectivity index (χ0v) is 14.0. The molecule has 0 amide bonds. The Morgan fingerprint density at radius 1 is 1.28 bits per heavy atom. The van der Waals surface area contributed by atoms with E-state index in [1.807, 2.05) is 13.8 Å². The van der Waals surface area contributed by atoms with Crippen LogP contribution in [-0.4, -0.2) is 47.8 Å². The first-order chi connectivity index (χ1) is 12.0. The highest BCUT2D eigenvalue weighted by Gasteiger charge is 2.22. The summed E-state index contributed by atoms with van der Waals surface area (Å²) in [6.45, 7) is 3.71. The van der Waals surface area contributed by atoms with Gasteiger partial charge in [-0.3, -0.25) is 4.79 Å². The molecule has 8 nitrogen and oxygen atoms in total. The molecule has 0 spiro atoms. The zero-order valence-electron chi connectivity index (χ0n) is 14.0. The molecular weight excluding hydrogens is 322 g/mol.